The van der Waals surface area contributed by atoms with E-state index in [1.165, 1.54) is 11.3 Å². The molecule has 2 aromatic rings. The molecular weight excluding hydrogens is 376 g/mol. The molecule has 0 aliphatic rings. The summed E-state index contributed by atoms with van der Waals surface area (Å²) in [5.74, 6) is 0.0269. The number of rotatable bonds is 7. The summed E-state index contributed by atoms with van der Waals surface area (Å²) in [6, 6.07) is 1.97. The number of hydrogen-bond donors (Lipinski definition) is 3. The van der Waals surface area contributed by atoms with E-state index in [-0.39, 0.29) is 11.7 Å². The van der Waals surface area contributed by atoms with Crippen molar-refractivity contribution in [3.63, 3.8) is 0 Å². The van der Waals surface area contributed by atoms with Gasteiger partial charge in [0.25, 0.3) is 5.91 Å². The Kier molecular flexibility index (Phi) is 5.97. The van der Waals surface area contributed by atoms with Gasteiger partial charge in [0, 0.05) is 28.4 Å². The minimum absolute atomic E-state index is 0.214. The number of nitrogens with one attached hydrogen (secondary N) is 2. The third kappa shape index (κ3) is 4.67. The Hall–Kier alpha value is -1.16. The molecule has 4 N–H and O–H groups in total. The molecule has 6 nitrogen and oxygen atoms in total. The lowest BCUT2D eigenvalue weighted by molar-refractivity contribution is 0.0956. The molecule has 0 unspecified atom stereocenters. The van der Waals surface area contributed by atoms with Gasteiger partial charge in [0.1, 0.15) is 10.7 Å². The number of thiazole rings is 1. The molecule has 1 amide bonds. The number of nitrogens with two attached hydrogens (primary N) is 1. The summed E-state index contributed by atoms with van der Waals surface area (Å²) in [4.78, 5) is 17.7. The number of carbonyl (C=O) groups excluding carboxylic acids is 1. The van der Waals surface area contributed by atoms with Crippen LogP contribution in [-0.2, 0) is 11.3 Å². The van der Waals surface area contributed by atoms with Crippen LogP contribution >= 0.6 is 38.6 Å². The molecule has 2 aromatic heterocycles. The Bertz CT molecular complexity index is 614. The third-order valence-corrected chi connectivity index (χ3v) is 5.21. The zero-order valence-electron chi connectivity index (χ0n) is 11.3. The van der Waals surface area contributed by atoms with Crippen LogP contribution < -0.4 is 16.4 Å². The maximum Gasteiger partial charge on any atom is 0.265 e. The van der Waals surface area contributed by atoms with E-state index in [0.29, 0.717) is 29.7 Å². The highest BCUT2D eigenvalue weighted by Gasteiger charge is 2.16. The summed E-state index contributed by atoms with van der Waals surface area (Å²) in [6.07, 6.45) is 0. The molecule has 21 heavy (non-hydrogen) atoms. The molecule has 0 bridgehead atoms. The molecule has 2 rings (SSSR count). The van der Waals surface area contributed by atoms with E-state index < -0.39 is 0 Å². The molecule has 0 aliphatic carbocycles. The molecule has 9 heteroatoms. The Labute approximate surface area is 138 Å². The van der Waals surface area contributed by atoms with E-state index in [4.69, 9.17) is 10.5 Å². The molecule has 0 saturated carbocycles. The summed E-state index contributed by atoms with van der Waals surface area (Å²) < 4.78 is 5.95. The van der Waals surface area contributed by atoms with Gasteiger partial charge < -0.3 is 21.1 Å². The summed E-state index contributed by atoms with van der Waals surface area (Å²) in [6.45, 7) is 1.65. The Morgan fingerprint density at radius 2 is 2.38 bits per heavy atom. The van der Waals surface area contributed by atoms with E-state index >= 15 is 0 Å². The SMILES string of the molecule is COCCNc1nc(N)c(C(=O)NCc2cc(Br)cs2)s1. The fourth-order valence-corrected chi connectivity index (χ4v) is 3.74. The second kappa shape index (κ2) is 7.74. The summed E-state index contributed by atoms with van der Waals surface area (Å²) >= 11 is 6.20. The van der Waals surface area contributed by atoms with Crippen LogP contribution in [0.2, 0.25) is 0 Å². The van der Waals surface area contributed by atoms with Crippen LogP contribution in [0.4, 0.5) is 10.9 Å². The number of carbonyl (C=O) groups is 1. The molecule has 0 spiro atoms. The Balaban J connectivity index is 1.92. The van der Waals surface area contributed by atoms with E-state index in [0.717, 1.165) is 9.35 Å². The highest BCUT2D eigenvalue weighted by atomic mass is 79.9. The predicted molar refractivity (Wildman–Crippen MR) is 90.1 cm³/mol. The van der Waals surface area contributed by atoms with Crippen LogP contribution in [0.15, 0.2) is 15.9 Å². The van der Waals surface area contributed by atoms with Crippen LogP contribution in [0.25, 0.3) is 0 Å². The number of ether oxygens (including phenoxy) is 1. The van der Waals surface area contributed by atoms with Gasteiger partial charge in [0.15, 0.2) is 5.13 Å². The standard InChI is InChI=1S/C12H15BrN4O2S2/c1-19-3-2-15-12-17-10(14)9(21-12)11(18)16-5-8-4-7(13)6-20-8/h4,6H,2-3,5,14H2,1H3,(H,15,17)(H,16,18). The molecule has 2 heterocycles. The highest BCUT2D eigenvalue weighted by molar-refractivity contribution is 9.10. The number of thiophene rings is 1. The van der Waals surface area contributed by atoms with Crippen molar-refractivity contribution >= 4 is 55.5 Å². The molecule has 114 valence electrons. The average Bonchev–Trinajstić information content (AvgIpc) is 3.03. The second-order valence-corrected chi connectivity index (χ2v) is 6.98. The molecule has 0 aliphatic heterocycles. The fraction of sp³-hybridized carbons (Fsp3) is 0.333. The van der Waals surface area contributed by atoms with Crippen LogP contribution in [-0.4, -0.2) is 31.2 Å². The minimum Gasteiger partial charge on any atom is -0.383 e. The number of nitrogens with zero attached hydrogens (tertiary/aromatic N) is 1. The normalized spacial score (nSPS) is 10.6. The van der Waals surface area contributed by atoms with Gasteiger partial charge in [-0.25, -0.2) is 4.98 Å². The number of anilines is 2. The number of halogens is 1. The quantitative estimate of drug-likeness (QED) is 0.632. The van der Waals surface area contributed by atoms with Gasteiger partial charge in [0.05, 0.1) is 13.2 Å². The van der Waals surface area contributed by atoms with Gasteiger partial charge in [-0.3, -0.25) is 4.79 Å². The number of aromatic nitrogens is 1. The van der Waals surface area contributed by atoms with Crippen molar-refractivity contribution in [1.82, 2.24) is 10.3 Å². The summed E-state index contributed by atoms with van der Waals surface area (Å²) in [7, 11) is 1.62. The first-order valence-corrected chi connectivity index (χ1v) is 8.59. The lowest BCUT2D eigenvalue weighted by atomic mass is 10.4. The number of amides is 1. The maximum absolute atomic E-state index is 12.1. The average molecular weight is 391 g/mol. The van der Waals surface area contributed by atoms with Crippen LogP contribution in [0.1, 0.15) is 14.5 Å². The number of hydrogen-bond acceptors (Lipinski definition) is 7. The summed E-state index contributed by atoms with van der Waals surface area (Å²) in [5.41, 5.74) is 5.78. The highest BCUT2D eigenvalue weighted by Crippen LogP contribution is 2.25. The van der Waals surface area contributed by atoms with E-state index in [2.05, 4.69) is 31.5 Å². The number of methoxy groups -OCH3 is 1. The van der Waals surface area contributed by atoms with Gasteiger partial charge in [-0.15, -0.1) is 11.3 Å². The lowest BCUT2D eigenvalue weighted by Gasteiger charge is -2.01. The lowest BCUT2D eigenvalue weighted by Crippen LogP contribution is -2.22. The van der Waals surface area contributed by atoms with Gasteiger partial charge in [-0.05, 0) is 22.0 Å². The van der Waals surface area contributed by atoms with Gasteiger partial charge in [-0.1, -0.05) is 11.3 Å². The molecule has 0 radical (unpaired) electrons. The van der Waals surface area contributed by atoms with Crippen LogP contribution in [0.5, 0.6) is 0 Å². The molecule has 0 atom stereocenters. The maximum atomic E-state index is 12.1. The van der Waals surface area contributed by atoms with E-state index in [1.807, 2.05) is 11.4 Å². The fourth-order valence-electron chi connectivity index (χ4n) is 1.52. The van der Waals surface area contributed by atoms with Crippen LogP contribution in [0.3, 0.4) is 0 Å². The Morgan fingerprint density at radius 3 is 3.05 bits per heavy atom. The van der Waals surface area contributed by atoms with Gasteiger partial charge in [0.2, 0.25) is 0 Å². The van der Waals surface area contributed by atoms with Crippen molar-refractivity contribution in [3.8, 4) is 0 Å². The minimum atomic E-state index is -0.214. The van der Waals surface area contributed by atoms with Crippen LogP contribution in [0, 0.1) is 0 Å². The van der Waals surface area contributed by atoms with Crippen molar-refractivity contribution in [2.45, 2.75) is 6.54 Å². The second-order valence-electron chi connectivity index (χ2n) is 4.07. The first-order valence-electron chi connectivity index (χ1n) is 6.10. The van der Waals surface area contributed by atoms with E-state index in [1.54, 1.807) is 18.4 Å². The van der Waals surface area contributed by atoms with Crippen molar-refractivity contribution in [2.24, 2.45) is 0 Å². The molecule has 0 saturated heterocycles. The third-order valence-electron chi connectivity index (χ3n) is 2.49. The zero-order chi connectivity index (χ0) is 15.2. The van der Waals surface area contributed by atoms with Crippen molar-refractivity contribution in [1.29, 1.82) is 0 Å². The summed E-state index contributed by atoms with van der Waals surface area (Å²) in [5, 5.41) is 8.49. The molecular formula is C12H15BrN4O2S2. The predicted octanol–water partition coefficient (Wildman–Crippen LogP) is 2.54. The zero-order valence-corrected chi connectivity index (χ0v) is 14.5. The topological polar surface area (TPSA) is 89.3 Å². The van der Waals surface area contributed by atoms with Gasteiger partial charge in [-0.2, -0.15) is 0 Å². The van der Waals surface area contributed by atoms with Crippen molar-refractivity contribution < 1.29 is 9.53 Å². The number of nitrogen functional groups attached to an aromatic ring is 1. The van der Waals surface area contributed by atoms with Gasteiger partial charge >= 0.3 is 0 Å². The monoisotopic (exact) mass is 390 g/mol. The van der Waals surface area contributed by atoms with E-state index in [9.17, 15) is 4.79 Å². The largest absolute Gasteiger partial charge is 0.383 e. The van der Waals surface area contributed by atoms with Crippen molar-refractivity contribution in [2.75, 3.05) is 31.3 Å². The Morgan fingerprint density at radius 1 is 1.57 bits per heavy atom. The molecule has 0 aromatic carbocycles. The first kappa shape index (κ1) is 16.2. The molecule has 0 fully saturated rings. The first-order chi connectivity index (χ1) is 10.1. The smallest absolute Gasteiger partial charge is 0.265 e. The van der Waals surface area contributed by atoms with Crippen molar-refractivity contribution in [3.05, 3.63) is 25.7 Å².